The molecule has 8 heteroatoms. The molecule has 44 heavy (non-hydrogen) atoms. The van der Waals surface area contributed by atoms with Crippen LogP contribution in [0.15, 0.2) is 48.7 Å². The van der Waals surface area contributed by atoms with Gasteiger partial charge in [0.25, 0.3) is 0 Å². The van der Waals surface area contributed by atoms with Crippen molar-refractivity contribution in [2.75, 3.05) is 13.2 Å². The summed E-state index contributed by atoms with van der Waals surface area (Å²) in [6.07, 6.45) is 7.40. The van der Waals surface area contributed by atoms with Crippen LogP contribution in [-0.2, 0) is 20.8 Å². The Hall–Kier alpha value is -3.83. The first-order valence-electron chi connectivity index (χ1n) is 16.0. The minimum Gasteiger partial charge on any atom is -0.444 e. The van der Waals surface area contributed by atoms with Crippen LogP contribution in [0.5, 0.6) is 0 Å². The highest BCUT2D eigenvalue weighted by atomic mass is 16.6. The molecule has 1 atom stereocenters. The van der Waals surface area contributed by atoms with Crippen molar-refractivity contribution < 1.29 is 19.1 Å². The van der Waals surface area contributed by atoms with Crippen LogP contribution >= 0.6 is 0 Å². The number of nitriles is 1. The zero-order chi connectivity index (χ0) is 31.3. The molecule has 1 saturated heterocycles. The van der Waals surface area contributed by atoms with Gasteiger partial charge in [0.1, 0.15) is 5.60 Å². The molecule has 0 radical (unpaired) electrons. The number of nitrogens with zero attached hydrogens (tertiary/aromatic N) is 2. The lowest BCUT2D eigenvalue weighted by Gasteiger charge is -2.31. The van der Waals surface area contributed by atoms with Crippen molar-refractivity contribution in [1.82, 2.24) is 15.2 Å². The normalized spacial score (nSPS) is 20.1. The van der Waals surface area contributed by atoms with Gasteiger partial charge in [-0.05, 0) is 101 Å². The number of carbonyl (C=O) groups excluding carboxylic acids is 2. The van der Waals surface area contributed by atoms with Gasteiger partial charge in [0.2, 0.25) is 5.91 Å². The Kier molecular flexibility index (Phi) is 9.95. The maximum Gasteiger partial charge on any atom is 0.407 e. The molecular formula is C36H46N4O4. The Morgan fingerprint density at radius 3 is 2.39 bits per heavy atom. The van der Waals surface area contributed by atoms with Gasteiger partial charge in [-0.3, -0.25) is 4.79 Å². The quantitative estimate of drug-likeness (QED) is 0.299. The van der Waals surface area contributed by atoms with E-state index in [0.717, 1.165) is 85.9 Å². The number of fused-ring (bicyclic) bond motifs is 1. The van der Waals surface area contributed by atoms with E-state index < -0.39 is 5.60 Å². The number of rotatable bonds is 8. The van der Waals surface area contributed by atoms with E-state index in [1.54, 1.807) is 0 Å². The first kappa shape index (κ1) is 31.6. The molecule has 2 N–H and O–H groups in total. The molecule has 8 nitrogen and oxygen atoms in total. The molecule has 1 aliphatic heterocycles. The molecule has 0 spiro atoms. The van der Waals surface area contributed by atoms with E-state index in [1.807, 2.05) is 39.0 Å². The van der Waals surface area contributed by atoms with Crippen LogP contribution in [0, 0.1) is 24.2 Å². The zero-order valence-electron chi connectivity index (χ0n) is 26.5. The molecule has 2 aliphatic rings. The summed E-state index contributed by atoms with van der Waals surface area (Å²) >= 11 is 0. The van der Waals surface area contributed by atoms with Crippen LogP contribution in [0.1, 0.15) is 93.9 Å². The number of hydrogen-bond acceptors (Lipinski definition) is 5. The molecule has 2 heterocycles. The predicted molar refractivity (Wildman–Crippen MR) is 171 cm³/mol. The lowest BCUT2D eigenvalue weighted by atomic mass is 9.86. The number of benzene rings is 2. The van der Waals surface area contributed by atoms with E-state index in [-0.39, 0.29) is 30.0 Å². The highest BCUT2D eigenvalue weighted by Gasteiger charge is 2.28. The third kappa shape index (κ3) is 8.21. The highest BCUT2D eigenvalue weighted by Crippen LogP contribution is 2.37. The fourth-order valence-corrected chi connectivity index (χ4v) is 6.65. The largest absolute Gasteiger partial charge is 0.444 e. The first-order valence-corrected chi connectivity index (χ1v) is 16.0. The minimum absolute atomic E-state index is 0.0156. The third-order valence-corrected chi connectivity index (χ3v) is 8.86. The van der Waals surface area contributed by atoms with Gasteiger partial charge in [-0.1, -0.05) is 29.8 Å². The molecule has 1 unspecified atom stereocenters. The fraction of sp³-hybridized carbons (Fsp3) is 0.528. The molecule has 0 bridgehead atoms. The van der Waals surface area contributed by atoms with E-state index in [2.05, 4.69) is 58.7 Å². The predicted octanol–water partition coefficient (Wildman–Crippen LogP) is 6.72. The second-order valence-corrected chi connectivity index (χ2v) is 13.6. The lowest BCUT2D eigenvalue weighted by molar-refractivity contribution is -0.122. The van der Waals surface area contributed by atoms with Gasteiger partial charge in [-0.25, -0.2) is 4.79 Å². The molecule has 2 fully saturated rings. The summed E-state index contributed by atoms with van der Waals surface area (Å²) < 4.78 is 13.3. The molecule has 1 aromatic heterocycles. The maximum atomic E-state index is 13.7. The van der Waals surface area contributed by atoms with Gasteiger partial charge in [-0.15, -0.1) is 0 Å². The van der Waals surface area contributed by atoms with Gasteiger partial charge in [0.05, 0.1) is 11.6 Å². The van der Waals surface area contributed by atoms with Crippen LogP contribution < -0.4 is 10.6 Å². The van der Waals surface area contributed by atoms with Crippen LogP contribution in [0.2, 0.25) is 0 Å². The SMILES string of the molecule is Cc1cccc(C(CC(=O)N[C@H]2CC[C@@H](NC(=O)OC(C)(C)C)CC2)c2cn(CC3CCOCC3)c3ccc(C#N)cc23)c1. The maximum absolute atomic E-state index is 13.7. The number of hydrogen-bond donors (Lipinski definition) is 2. The standard InChI is InChI=1S/C36H46N4O4/c1-24-6-5-7-27(18-24)30(20-34(41)38-28-9-11-29(12-10-28)39-35(42)44-36(2,3)4)32-23-40(22-25-14-16-43-17-15-25)33-13-8-26(21-37)19-31(32)33/h5-8,13,18-19,23,25,28-30H,9-12,14-17,20,22H2,1-4H3,(H,38,41)(H,39,42)/t28-,29+,30?. The van der Waals surface area contributed by atoms with Gasteiger partial charge < -0.3 is 24.7 Å². The Balaban J connectivity index is 1.34. The summed E-state index contributed by atoms with van der Waals surface area (Å²) in [5.41, 5.74) is 4.50. The lowest BCUT2D eigenvalue weighted by Crippen LogP contribution is -2.45. The Morgan fingerprint density at radius 1 is 1.02 bits per heavy atom. The average Bonchev–Trinajstić information content (AvgIpc) is 3.33. The van der Waals surface area contributed by atoms with Crippen LogP contribution in [0.25, 0.3) is 10.9 Å². The molecule has 5 rings (SSSR count). The van der Waals surface area contributed by atoms with E-state index in [9.17, 15) is 14.9 Å². The van der Waals surface area contributed by atoms with Gasteiger partial charge >= 0.3 is 6.09 Å². The van der Waals surface area contributed by atoms with Crippen LogP contribution in [-0.4, -0.2) is 47.5 Å². The van der Waals surface area contributed by atoms with E-state index >= 15 is 0 Å². The molecule has 2 amide bonds. The number of alkyl carbamates (subject to hydrolysis) is 1. The van der Waals surface area contributed by atoms with Crippen molar-refractivity contribution in [3.05, 3.63) is 70.9 Å². The number of nitrogens with one attached hydrogen (secondary N) is 2. The Bertz CT molecular complexity index is 1500. The molecule has 3 aromatic rings. The molecule has 234 valence electrons. The second kappa shape index (κ2) is 13.9. The van der Waals surface area contributed by atoms with Crippen molar-refractivity contribution in [2.24, 2.45) is 5.92 Å². The van der Waals surface area contributed by atoms with Crippen molar-refractivity contribution in [2.45, 2.75) is 103 Å². The second-order valence-electron chi connectivity index (χ2n) is 13.6. The van der Waals surface area contributed by atoms with E-state index in [1.165, 1.54) is 0 Å². The zero-order valence-corrected chi connectivity index (χ0v) is 26.5. The van der Waals surface area contributed by atoms with Gasteiger partial charge in [0, 0.05) is 61.3 Å². The van der Waals surface area contributed by atoms with Crippen LogP contribution in [0.3, 0.4) is 0 Å². The summed E-state index contributed by atoms with van der Waals surface area (Å²) in [5, 5.41) is 17.0. The topological polar surface area (TPSA) is 105 Å². The monoisotopic (exact) mass is 598 g/mol. The van der Waals surface area contributed by atoms with Crippen molar-refractivity contribution in [3.8, 4) is 6.07 Å². The van der Waals surface area contributed by atoms with Crippen molar-refractivity contribution in [3.63, 3.8) is 0 Å². The number of ether oxygens (including phenoxy) is 2. The number of aromatic nitrogens is 1. The van der Waals surface area contributed by atoms with Gasteiger partial charge in [-0.2, -0.15) is 5.26 Å². The van der Waals surface area contributed by atoms with E-state index in [0.29, 0.717) is 17.9 Å². The van der Waals surface area contributed by atoms with Gasteiger partial charge in [0.15, 0.2) is 0 Å². The molecule has 1 aliphatic carbocycles. The molecular weight excluding hydrogens is 552 g/mol. The smallest absolute Gasteiger partial charge is 0.407 e. The number of amides is 2. The summed E-state index contributed by atoms with van der Waals surface area (Å²) in [6, 6.07) is 16.7. The summed E-state index contributed by atoms with van der Waals surface area (Å²) in [6.45, 7) is 10.1. The van der Waals surface area contributed by atoms with E-state index in [4.69, 9.17) is 9.47 Å². The average molecular weight is 599 g/mol. The Labute approximate surface area is 261 Å². The fourth-order valence-electron chi connectivity index (χ4n) is 6.65. The first-order chi connectivity index (χ1) is 21.1. The van der Waals surface area contributed by atoms with Crippen LogP contribution in [0.4, 0.5) is 4.79 Å². The molecule has 2 aromatic carbocycles. The summed E-state index contributed by atoms with van der Waals surface area (Å²) in [5.74, 6) is 0.387. The summed E-state index contributed by atoms with van der Waals surface area (Å²) in [4.78, 5) is 25.9. The highest BCUT2D eigenvalue weighted by molar-refractivity contribution is 5.88. The number of aryl methyl sites for hydroxylation is 1. The molecule has 1 saturated carbocycles. The van der Waals surface area contributed by atoms with Crippen molar-refractivity contribution >= 4 is 22.9 Å². The number of carbonyl (C=O) groups is 2. The third-order valence-electron chi connectivity index (χ3n) is 8.86. The Morgan fingerprint density at radius 2 is 1.73 bits per heavy atom. The minimum atomic E-state index is -0.531. The van der Waals surface area contributed by atoms with Crippen molar-refractivity contribution in [1.29, 1.82) is 5.26 Å². The summed E-state index contributed by atoms with van der Waals surface area (Å²) in [7, 11) is 0.